The smallest absolute Gasteiger partial charge is 0.426 e. The van der Waals surface area contributed by atoms with E-state index in [9.17, 15) is 19.2 Å². The summed E-state index contributed by atoms with van der Waals surface area (Å²) < 4.78 is 10.9. The van der Waals surface area contributed by atoms with Gasteiger partial charge in [0.25, 0.3) is 11.8 Å². The molecule has 3 heterocycles. The number of rotatable bonds is 4. The van der Waals surface area contributed by atoms with Crippen molar-refractivity contribution in [1.82, 2.24) is 20.3 Å². The Morgan fingerprint density at radius 2 is 1.84 bits per heavy atom. The van der Waals surface area contributed by atoms with E-state index in [1.807, 2.05) is 0 Å². The number of halogens is 1. The number of likely N-dealkylation sites (tertiary alicyclic amines) is 1. The van der Waals surface area contributed by atoms with E-state index in [2.05, 4.69) is 10.4 Å². The fraction of sp³-hybridized carbons (Fsp3) is 0.407. The van der Waals surface area contributed by atoms with Crippen molar-refractivity contribution in [3.63, 3.8) is 0 Å². The molecule has 4 rings (SSSR count). The van der Waals surface area contributed by atoms with Crippen LogP contribution in [0.5, 0.6) is 0 Å². The maximum absolute atomic E-state index is 14.0. The van der Waals surface area contributed by atoms with Gasteiger partial charge in [-0.15, -0.1) is 0 Å². The SMILES string of the molecule is Cc1cc(CN(NC(=O)OC(C)(C)C)C(=O)c2c(C(=O)N3CCCC3)[nH]c3cc(Cl)ccc3c2=O)c(C)o1. The van der Waals surface area contributed by atoms with Crippen molar-refractivity contribution >= 4 is 40.4 Å². The number of aromatic amines is 1. The van der Waals surface area contributed by atoms with E-state index in [-0.39, 0.29) is 23.2 Å². The van der Waals surface area contributed by atoms with E-state index in [0.29, 0.717) is 40.7 Å². The van der Waals surface area contributed by atoms with Crippen LogP contribution < -0.4 is 10.9 Å². The number of aromatic nitrogens is 1. The molecule has 1 fully saturated rings. The highest BCUT2D eigenvalue weighted by molar-refractivity contribution is 6.31. The van der Waals surface area contributed by atoms with Crippen LogP contribution in [0.4, 0.5) is 4.79 Å². The van der Waals surface area contributed by atoms with Crippen molar-refractivity contribution in [2.24, 2.45) is 0 Å². The minimum absolute atomic E-state index is 0.128. The summed E-state index contributed by atoms with van der Waals surface area (Å²) in [6.45, 7) is 9.45. The molecule has 1 aliphatic rings. The van der Waals surface area contributed by atoms with Gasteiger partial charge in [-0.25, -0.2) is 15.2 Å². The number of amides is 3. The second kappa shape index (κ2) is 10.5. The van der Waals surface area contributed by atoms with Gasteiger partial charge in [0.15, 0.2) is 0 Å². The lowest BCUT2D eigenvalue weighted by atomic mass is 10.1. The second-order valence-corrected chi connectivity index (χ2v) is 10.8. The molecule has 11 heteroatoms. The topological polar surface area (TPSA) is 125 Å². The Hall–Kier alpha value is -3.79. The number of aryl methyl sites for hydroxylation is 2. The molecule has 0 radical (unpaired) electrons. The normalized spacial score (nSPS) is 13.6. The molecule has 10 nitrogen and oxygen atoms in total. The van der Waals surface area contributed by atoms with Gasteiger partial charge >= 0.3 is 6.09 Å². The number of fused-ring (bicyclic) bond motifs is 1. The van der Waals surface area contributed by atoms with Gasteiger partial charge in [0.1, 0.15) is 28.4 Å². The van der Waals surface area contributed by atoms with Crippen LogP contribution in [0.25, 0.3) is 10.9 Å². The molecule has 0 atom stereocenters. The molecule has 0 aliphatic carbocycles. The number of nitrogens with one attached hydrogen (secondary N) is 2. The summed E-state index contributed by atoms with van der Waals surface area (Å²) in [6.07, 6.45) is 0.758. The first kappa shape index (κ1) is 27.3. The zero-order chi connectivity index (χ0) is 27.8. The molecule has 2 N–H and O–H groups in total. The Balaban J connectivity index is 1.84. The van der Waals surface area contributed by atoms with Gasteiger partial charge in [0.05, 0.1) is 12.1 Å². The van der Waals surface area contributed by atoms with E-state index in [1.165, 1.54) is 18.2 Å². The van der Waals surface area contributed by atoms with Gasteiger partial charge < -0.3 is 19.0 Å². The highest BCUT2D eigenvalue weighted by Gasteiger charge is 2.32. The molecular formula is C27H31ClN4O6. The Kier molecular flexibility index (Phi) is 7.55. The van der Waals surface area contributed by atoms with Gasteiger partial charge in [-0.1, -0.05) is 11.6 Å². The first-order chi connectivity index (χ1) is 17.8. The maximum Gasteiger partial charge on any atom is 0.426 e. The highest BCUT2D eigenvalue weighted by Crippen LogP contribution is 2.22. The number of carbonyl (C=O) groups is 3. The van der Waals surface area contributed by atoms with Crippen molar-refractivity contribution in [3.8, 4) is 0 Å². The lowest BCUT2D eigenvalue weighted by Crippen LogP contribution is -2.49. The number of carbonyl (C=O) groups excluding carboxylic acids is 3. The second-order valence-electron chi connectivity index (χ2n) is 10.3. The third kappa shape index (κ3) is 5.85. The average molecular weight is 543 g/mol. The van der Waals surface area contributed by atoms with Crippen LogP contribution >= 0.6 is 11.6 Å². The molecule has 202 valence electrons. The molecule has 1 aliphatic heterocycles. The van der Waals surface area contributed by atoms with Crippen LogP contribution in [0.2, 0.25) is 5.02 Å². The van der Waals surface area contributed by atoms with Crippen molar-refractivity contribution < 1.29 is 23.5 Å². The zero-order valence-electron chi connectivity index (χ0n) is 22.1. The van der Waals surface area contributed by atoms with Crippen LogP contribution in [0, 0.1) is 13.8 Å². The van der Waals surface area contributed by atoms with Gasteiger partial charge in [-0.05, 0) is 71.7 Å². The molecule has 38 heavy (non-hydrogen) atoms. The first-order valence-electron chi connectivity index (χ1n) is 12.4. The summed E-state index contributed by atoms with van der Waals surface area (Å²) >= 11 is 6.14. The lowest BCUT2D eigenvalue weighted by molar-refractivity contribution is 0.0279. The summed E-state index contributed by atoms with van der Waals surface area (Å²) in [6, 6.07) is 6.28. The quantitative estimate of drug-likeness (QED) is 0.460. The predicted octanol–water partition coefficient (Wildman–Crippen LogP) is 4.71. The molecule has 0 unspecified atom stereocenters. The number of hydrazine groups is 1. The van der Waals surface area contributed by atoms with Crippen molar-refractivity contribution in [2.45, 2.75) is 59.6 Å². The van der Waals surface area contributed by atoms with Crippen molar-refractivity contribution in [2.75, 3.05) is 13.1 Å². The summed E-state index contributed by atoms with van der Waals surface area (Å²) in [4.78, 5) is 58.6. The number of ether oxygens (including phenoxy) is 1. The number of benzene rings is 1. The number of hydrogen-bond acceptors (Lipinski definition) is 6. The molecule has 0 bridgehead atoms. The molecule has 1 saturated heterocycles. The molecule has 3 aromatic rings. The molecule has 0 spiro atoms. The third-order valence-corrected chi connectivity index (χ3v) is 6.36. The molecular weight excluding hydrogens is 512 g/mol. The predicted molar refractivity (Wildman–Crippen MR) is 142 cm³/mol. The van der Waals surface area contributed by atoms with E-state index in [0.717, 1.165) is 17.9 Å². The van der Waals surface area contributed by atoms with Crippen LogP contribution in [-0.4, -0.2) is 51.5 Å². The van der Waals surface area contributed by atoms with Crippen molar-refractivity contribution in [3.05, 3.63) is 67.9 Å². The van der Waals surface area contributed by atoms with Gasteiger partial charge in [-0.2, -0.15) is 0 Å². The number of hydrogen-bond donors (Lipinski definition) is 2. The summed E-state index contributed by atoms with van der Waals surface area (Å²) in [5.74, 6) is -0.179. The van der Waals surface area contributed by atoms with E-state index < -0.39 is 28.9 Å². The minimum atomic E-state index is -0.889. The lowest BCUT2D eigenvalue weighted by Gasteiger charge is -2.27. The fourth-order valence-corrected chi connectivity index (χ4v) is 4.60. The Morgan fingerprint density at radius 1 is 1.16 bits per heavy atom. The number of furan rings is 1. The summed E-state index contributed by atoms with van der Waals surface area (Å²) in [5, 5.41) is 1.52. The maximum atomic E-state index is 14.0. The number of H-pyrrole nitrogens is 1. The average Bonchev–Trinajstić information content (AvgIpc) is 3.45. The van der Waals surface area contributed by atoms with Crippen LogP contribution in [0.15, 0.2) is 33.5 Å². The highest BCUT2D eigenvalue weighted by atomic mass is 35.5. The first-order valence-corrected chi connectivity index (χ1v) is 12.7. The van der Waals surface area contributed by atoms with Crippen LogP contribution in [0.3, 0.4) is 0 Å². The van der Waals surface area contributed by atoms with Gasteiger partial charge in [0, 0.05) is 29.1 Å². The zero-order valence-corrected chi connectivity index (χ0v) is 22.8. The largest absolute Gasteiger partial charge is 0.466 e. The van der Waals surface area contributed by atoms with Crippen molar-refractivity contribution in [1.29, 1.82) is 0 Å². The van der Waals surface area contributed by atoms with E-state index >= 15 is 0 Å². The van der Waals surface area contributed by atoms with E-state index in [4.69, 9.17) is 20.8 Å². The standard InChI is InChI=1S/C27H31ClN4O6/c1-15-12-17(16(2)37-15)14-32(30-26(36)38-27(3,4)5)24(34)21-22(25(35)31-10-6-7-11-31)29-20-13-18(28)8-9-19(20)23(21)33/h8-9,12-13H,6-7,10-11,14H2,1-5H3,(H,29,33)(H,30,36). The fourth-order valence-electron chi connectivity index (χ4n) is 4.43. The molecule has 1 aromatic carbocycles. The minimum Gasteiger partial charge on any atom is -0.466 e. The van der Waals surface area contributed by atoms with Gasteiger partial charge in [-0.3, -0.25) is 14.4 Å². The van der Waals surface area contributed by atoms with E-state index in [1.54, 1.807) is 45.6 Å². The summed E-state index contributed by atoms with van der Waals surface area (Å²) in [7, 11) is 0. The number of pyridine rings is 1. The van der Waals surface area contributed by atoms with Gasteiger partial charge in [0.2, 0.25) is 5.43 Å². The molecule has 2 aromatic heterocycles. The summed E-state index contributed by atoms with van der Waals surface area (Å²) in [5.41, 5.74) is 1.37. The third-order valence-electron chi connectivity index (χ3n) is 6.13. The Labute approximate surface area is 224 Å². The van der Waals surface area contributed by atoms with Crippen LogP contribution in [-0.2, 0) is 11.3 Å². The van der Waals surface area contributed by atoms with Crippen LogP contribution in [0.1, 0.15) is 71.5 Å². The molecule has 3 amide bonds. The Bertz CT molecular complexity index is 1460. The molecule has 0 saturated carbocycles. The monoisotopic (exact) mass is 542 g/mol. The Morgan fingerprint density at radius 3 is 2.45 bits per heavy atom. The number of nitrogens with zero attached hydrogens (tertiary/aromatic N) is 2.